The van der Waals surface area contributed by atoms with E-state index in [-0.39, 0.29) is 16.9 Å². The van der Waals surface area contributed by atoms with Crippen LogP contribution in [0.4, 0.5) is 11.4 Å². The van der Waals surface area contributed by atoms with Crippen molar-refractivity contribution in [3.05, 3.63) is 17.2 Å². The number of phenolic OH excluding ortho intramolecular Hbond substituents is 1. The topological polar surface area (TPSA) is 72.3 Å². The predicted octanol–water partition coefficient (Wildman–Crippen LogP) is 2.16. The third-order valence-corrected chi connectivity index (χ3v) is 2.38. The van der Waals surface area contributed by atoms with Gasteiger partial charge in [0, 0.05) is 0 Å². The lowest BCUT2D eigenvalue weighted by Crippen LogP contribution is -2.15. The van der Waals surface area contributed by atoms with Gasteiger partial charge >= 0.3 is 0 Å². The molecule has 1 aromatic carbocycles. The Kier molecular flexibility index (Phi) is 2.36. The van der Waals surface area contributed by atoms with Crippen molar-refractivity contribution >= 4 is 11.4 Å². The smallest absolute Gasteiger partial charge is 0.143 e. The molecule has 0 radical (unpaired) electrons. The minimum Gasteiger partial charge on any atom is -0.505 e. The second-order valence-corrected chi connectivity index (χ2v) is 4.67. The highest BCUT2D eigenvalue weighted by molar-refractivity contribution is 5.76. The molecule has 14 heavy (non-hydrogen) atoms. The average molecular weight is 194 g/mol. The van der Waals surface area contributed by atoms with E-state index in [0.717, 1.165) is 11.1 Å². The van der Waals surface area contributed by atoms with Crippen LogP contribution in [0.15, 0.2) is 6.07 Å². The van der Waals surface area contributed by atoms with Gasteiger partial charge in [-0.3, -0.25) is 0 Å². The van der Waals surface area contributed by atoms with Gasteiger partial charge in [0.1, 0.15) is 5.75 Å². The summed E-state index contributed by atoms with van der Waals surface area (Å²) in [6.07, 6.45) is 0. The van der Waals surface area contributed by atoms with Crippen LogP contribution < -0.4 is 11.5 Å². The number of hydrogen-bond donors (Lipinski definition) is 3. The number of nitrogens with two attached hydrogens (primary N) is 2. The molecule has 0 atom stereocenters. The molecule has 5 N–H and O–H groups in total. The van der Waals surface area contributed by atoms with E-state index >= 15 is 0 Å². The summed E-state index contributed by atoms with van der Waals surface area (Å²) >= 11 is 0. The summed E-state index contributed by atoms with van der Waals surface area (Å²) in [6.45, 7) is 8.01. The van der Waals surface area contributed by atoms with Crippen molar-refractivity contribution in [1.29, 1.82) is 0 Å². The Bertz CT molecular complexity index is 365. The van der Waals surface area contributed by atoms with Gasteiger partial charge in [-0.2, -0.15) is 0 Å². The summed E-state index contributed by atoms with van der Waals surface area (Å²) in [4.78, 5) is 0. The third kappa shape index (κ3) is 1.62. The van der Waals surface area contributed by atoms with Crippen molar-refractivity contribution in [3.8, 4) is 5.75 Å². The molecule has 0 aliphatic carbocycles. The molecule has 0 aromatic heterocycles. The molecule has 0 amide bonds. The number of benzene rings is 1. The first kappa shape index (κ1) is 10.7. The Balaban J connectivity index is 3.49. The van der Waals surface area contributed by atoms with Crippen molar-refractivity contribution in [2.24, 2.45) is 0 Å². The van der Waals surface area contributed by atoms with E-state index in [1.54, 1.807) is 0 Å². The first-order valence-corrected chi connectivity index (χ1v) is 4.63. The number of aromatic hydroxyl groups is 1. The maximum absolute atomic E-state index is 9.57. The van der Waals surface area contributed by atoms with Crippen molar-refractivity contribution in [2.75, 3.05) is 11.5 Å². The molecule has 0 fully saturated rings. The quantitative estimate of drug-likeness (QED) is 0.437. The van der Waals surface area contributed by atoms with Crippen LogP contribution in [-0.2, 0) is 5.41 Å². The van der Waals surface area contributed by atoms with Gasteiger partial charge in [0.05, 0.1) is 11.4 Å². The summed E-state index contributed by atoms with van der Waals surface area (Å²) in [5, 5.41) is 9.57. The number of nitrogen functional groups attached to an aromatic ring is 2. The normalized spacial score (nSPS) is 11.7. The fourth-order valence-corrected chi connectivity index (χ4v) is 1.47. The molecule has 3 nitrogen and oxygen atoms in total. The monoisotopic (exact) mass is 194 g/mol. The Labute approximate surface area is 84.7 Å². The first-order chi connectivity index (χ1) is 6.25. The maximum Gasteiger partial charge on any atom is 0.143 e. The summed E-state index contributed by atoms with van der Waals surface area (Å²) in [5.41, 5.74) is 14.0. The molecule has 3 heteroatoms. The van der Waals surface area contributed by atoms with Crippen LogP contribution in [0.1, 0.15) is 31.9 Å². The van der Waals surface area contributed by atoms with Crippen LogP contribution in [0, 0.1) is 6.92 Å². The molecule has 1 aromatic rings. The number of rotatable bonds is 0. The SMILES string of the molecule is Cc1cc(C(C)(C)C)c(N)c(N)c1O. The van der Waals surface area contributed by atoms with Gasteiger partial charge in [-0.15, -0.1) is 0 Å². The molecule has 0 aliphatic rings. The molecule has 0 heterocycles. The average Bonchev–Trinajstić information content (AvgIpc) is 2.06. The number of phenols is 1. The van der Waals surface area contributed by atoms with Gasteiger partial charge in [-0.25, -0.2) is 0 Å². The minimum atomic E-state index is -0.0589. The van der Waals surface area contributed by atoms with Gasteiger partial charge in [-0.1, -0.05) is 20.8 Å². The summed E-state index contributed by atoms with van der Waals surface area (Å²) in [5.74, 6) is 0.0931. The molecule has 0 saturated carbocycles. The van der Waals surface area contributed by atoms with Crippen molar-refractivity contribution in [3.63, 3.8) is 0 Å². The molecule has 78 valence electrons. The van der Waals surface area contributed by atoms with E-state index in [9.17, 15) is 5.11 Å². The largest absolute Gasteiger partial charge is 0.505 e. The van der Waals surface area contributed by atoms with Gasteiger partial charge in [0.15, 0.2) is 0 Å². The summed E-state index contributed by atoms with van der Waals surface area (Å²) in [6, 6.07) is 1.89. The van der Waals surface area contributed by atoms with Crippen LogP contribution in [0.5, 0.6) is 5.75 Å². The van der Waals surface area contributed by atoms with E-state index in [1.807, 2.05) is 13.0 Å². The Morgan fingerprint density at radius 3 is 2.07 bits per heavy atom. The van der Waals surface area contributed by atoms with E-state index in [4.69, 9.17) is 11.5 Å². The Morgan fingerprint density at radius 2 is 1.64 bits per heavy atom. The van der Waals surface area contributed by atoms with E-state index in [1.165, 1.54) is 0 Å². The molecule has 0 unspecified atom stereocenters. The zero-order chi connectivity index (χ0) is 11.1. The standard InChI is InChI=1S/C11H18N2O/c1-6-5-7(11(2,3)4)8(12)9(13)10(6)14/h5,14H,12-13H2,1-4H3. The lowest BCUT2D eigenvalue weighted by Gasteiger charge is -2.23. The molecule has 0 saturated heterocycles. The van der Waals surface area contributed by atoms with E-state index in [2.05, 4.69) is 20.8 Å². The number of anilines is 2. The van der Waals surface area contributed by atoms with Crippen LogP contribution in [-0.4, -0.2) is 5.11 Å². The minimum absolute atomic E-state index is 0.0589. The van der Waals surface area contributed by atoms with Gasteiger partial charge in [-0.05, 0) is 29.5 Å². The van der Waals surface area contributed by atoms with Gasteiger partial charge < -0.3 is 16.6 Å². The Hall–Kier alpha value is -1.38. The first-order valence-electron chi connectivity index (χ1n) is 4.63. The lowest BCUT2D eigenvalue weighted by atomic mass is 9.84. The molecule has 0 spiro atoms. The molecular weight excluding hydrogens is 176 g/mol. The molecular formula is C11H18N2O. The number of hydrogen-bond acceptors (Lipinski definition) is 3. The van der Waals surface area contributed by atoms with Gasteiger partial charge in [0.2, 0.25) is 0 Å². The fourth-order valence-electron chi connectivity index (χ4n) is 1.47. The van der Waals surface area contributed by atoms with Crippen LogP contribution >= 0.6 is 0 Å². The lowest BCUT2D eigenvalue weighted by molar-refractivity contribution is 0.473. The second kappa shape index (κ2) is 3.08. The maximum atomic E-state index is 9.57. The van der Waals surface area contributed by atoms with Crippen LogP contribution in [0.2, 0.25) is 0 Å². The van der Waals surface area contributed by atoms with E-state index < -0.39 is 0 Å². The summed E-state index contributed by atoms with van der Waals surface area (Å²) < 4.78 is 0. The highest BCUT2D eigenvalue weighted by Crippen LogP contribution is 2.38. The van der Waals surface area contributed by atoms with Gasteiger partial charge in [0.25, 0.3) is 0 Å². The zero-order valence-electron chi connectivity index (χ0n) is 9.18. The summed E-state index contributed by atoms with van der Waals surface area (Å²) in [7, 11) is 0. The molecule has 0 bridgehead atoms. The van der Waals surface area contributed by atoms with Crippen molar-refractivity contribution in [1.82, 2.24) is 0 Å². The predicted molar refractivity (Wildman–Crippen MR) is 60.4 cm³/mol. The van der Waals surface area contributed by atoms with E-state index in [0.29, 0.717) is 5.69 Å². The zero-order valence-corrected chi connectivity index (χ0v) is 9.18. The third-order valence-electron chi connectivity index (χ3n) is 2.38. The van der Waals surface area contributed by atoms with Crippen molar-refractivity contribution in [2.45, 2.75) is 33.1 Å². The molecule has 1 rings (SSSR count). The number of aryl methyl sites for hydroxylation is 1. The molecule has 0 aliphatic heterocycles. The van der Waals surface area contributed by atoms with Crippen molar-refractivity contribution < 1.29 is 5.11 Å². The highest BCUT2D eigenvalue weighted by Gasteiger charge is 2.20. The Morgan fingerprint density at radius 1 is 1.14 bits per heavy atom. The second-order valence-electron chi connectivity index (χ2n) is 4.67. The highest BCUT2D eigenvalue weighted by atomic mass is 16.3. The van der Waals surface area contributed by atoms with Crippen LogP contribution in [0.25, 0.3) is 0 Å². The van der Waals surface area contributed by atoms with Crippen LogP contribution in [0.3, 0.4) is 0 Å². The fraction of sp³-hybridized carbons (Fsp3) is 0.455.